The van der Waals surface area contributed by atoms with E-state index in [1.807, 2.05) is 48.0 Å². The smallest absolute Gasteiger partial charge is 0.337 e. The second-order valence-corrected chi connectivity index (χ2v) is 6.12. The first-order chi connectivity index (χ1) is 12.5. The van der Waals surface area contributed by atoms with Crippen molar-refractivity contribution in [3.8, 4) is 11.4 Å². The van der Waals surface area contributed by atoms with Crippen LogP contribution in [0.4, 0.5) is 5.69 Å². The van der Waals surface area contributed by atoms with Crippen molar-refractivity contribution in [1.82, 2.24) is 4.57 Å². The van der Waals surface area contributed by atoms with Crippen LogP contribution in [0.2, 0.25) is 5.02 Å². The molecule has 0 fully saturated rings. The second-order valence-electron chi connectivity index (χ2n) is 5.71. The van der Waals surface area contributed by atoms with Gasteiger partial charge in [0, 0.05) is 29.4 Å². The molecule has 0 amide bonds. The lowest BCUT2D eigenvalue weighted by molar-refractivity contribution is 0.0697. The van der Waals surface area contributed by atoms with Crippen LogP contribution >= 0.6 is 11.6 Å². The molecule has 0 saturated carbocycles. The Morgan fingerprint density at radius 1 is 1.19 bits per heavy atom. The maximum absolute atomic E-state index is 11.2. The lowest BCUT2D eigenvalue weighted by atomic mass is 10.2. The number of aromatic nitrogens is 1. The largest absolute Gasteiger partial charge is 0.497 e. The summed E-state index contributed by atoms with van der Waals surface area (Å²) in [6, 6.07) is 14.4. The van der Waals surface area contributed by atoms with Crippen LogP contribution in [0, 0.1) is 6.92 Å². The molecule has 0 atom stereocenters. The quantitative estimate of drug-likeness (QED) is 0.651. The summed E-state index contributed by atoms with van der Waals surface area (Å²) in [5.41, 5.74) is 3.54. The molecule has 0 bridgehead atoms. The van der Waals surface area contributed by atoms with E-state index in [9.17, 15) is 4.79 Å². The Morgan fingerprint density at radius 2 is 1.92 bits per heavy atom. The number of ether oxygens (including phenoxy) is 1. The van der Waals surface area contributed by atoms with Gasteiger partial charge in [-0.2, -0.15) is 0 Å². The van der Waals surface area contributed by atoms with E-state index in [0.29, 0.717) is 5.69 Å². The van der Waals surface area contributed by atoms with Crippen LogP contribution in [-0.4, -0.2) is 29.0 Å². The third-order valence-electron chi connectivity index (χ3n) is 3.93. The van der Waals surface area contributed by atoms with Gasteiger partial charge in [0.1, 0.15) is 5.75 Å². The Morgan fingerprint density at radius 3 is 2.58 bits per heavy atom. The summed E-state index contributed by atoms with van der Waals surface area (Å²) in [5, 5.41) is 9.32. The summed E-state index contributed by atoms with van der Waals surface area (Å²) >= 11 is 5.88. The first kappa shape index (κ1) is 17.8. The van der Waals surface area contributed by atoms with Gasteiger partial charge >= 0.3 is 5.97 Å². The SMILES string of the molecule is COc1ccc(-n2cc(C=Nc3ccc(Cl)c(C(=O)O)c3)cc2C)cc1. The van der Waals surface area contributed by atoms with Crippen molar-refractivity contribution < 1.29 is 14.6 Å². The van der Waals surface area contributed by atoms with E-state index >= 15 is 0 Å². The average molecular weight is 369 g/mol. The molecule has 0 aliphatic rings. The van der Waals surface area contributed by atoms with Crippen molar-refractivity contribution in [2.45, 2.75) is 6.92 Å². The van der Waals surface area contributed by atoms with Gasteiger partial charge < -0.3 is 14.4 Å². The van der Waals surface area contributed by atoms with Gasteiger partial charge in [-0.05, 0) is 55.5 Å². The second kappa shape index (κ2) is 7.45. The molecule has 3 rings (SSSR count). The third kappa shape index (κ3) is 3.78. The van der Waals surface area contributed by atoms with Crippen molar-refractivity contribution >= 4 is 29.5 Å². The van der Waals surface area contributed by atoms with Gasteiger partial charge in [0.05, 0.1) is 23.4 Å². The van der Waals surface area contributed by atoms with Crippen molar-refractivity contribution in [2.24, 2.45) is 4.99 Å². The summed E-state index contributed by atoms with van der Waals surface area (Å²) < 4.78 is 7.23. The summed E-state index contributed by atoms with van der Waals surface area (Å²) in [7, 11) is 1.64. The number of methoxy groups -OCH3 is 1. The number of carboxylic acid groups (broad SMARTS) is 1. The number of aromatic carboxylic acids is 1. The minimum absolute atomic E-state index is 0.0355. The maximum Gasteiger partial charge on any atom is 0.337 e. The van der Waals surface area contributed by atoms with Crippen LogP contribution in [0.1, 0.15) is 21.6 Å². The molecule has 0 radical (unpaired) electrons. The van der Waals surface area contributed by atoms with Crippen molar-refractivity contribution in [3.63, 3.8) is 0 Å². The Kier molecular flexibility index (Phi) is 5.09. The Bertz CT molecular complexity index is 975. The highest BCUT2D eigenvalue weighted by molar-refractivity contribution is 6.33. The number of carboxylic acids is 1. The van der Waals surface area contributed by atoms with E-state index in [1.54, 1.807) is 19.4 Å². The molecule has 6 heteroatoms. The molecular weight excluding hydrogens is 352 g/mol. The number of hydrogen-bond donors (Lipinski definition) is 1. The van der Waals surface area contributed by atoms with E-state index in [0.717, 1.165) is 22.7 Å². The highest BCUT2D eigenvalue weighted by Crippen LogP contribution is 2.23. The molecule has 0 spiro atoms. The number of aliphatic imine (C=N–C) groups is 1. The molecule has 5 nitrogen and oxygen atoms in total. The van der Waals surface area contributed by atoms with Crippen LogP contribution < -0.4 is 4.74 Å². The standard InChI is InChI=1S/C20H17ClN2O3/c1-13-9-14(12-23(13)16-4-6-17(26-2)7-5-16)11-22-15-3-8-19(21)18(10-15)20(24)25/h3-12H,1-2H3,(H,24,25). The summed E-state index contributed by atoms with van der Waals surface area (Å²) in [5.74, 6) is -0.272. The van der Waals surface area contributed by atoms with Crippen LogP contribution in [0.15, 0.2) is 59.7 Å². The van der Waals surface area contributed by atoms with Crippen LogP contribution in [0.3, 0.4) is 0 Å². The highest BCUT2D eigenvalue weighted by atomic mass is 35.5. The van der Waals surface area contributed by atoms with Gasteiger partial charge in [-0.25, -0.2) is 4.79 Å². The number of halogens is 1. The van der Waals surface area contributed by atoms with E-state index in [1.165, 1.54) is 12.1 Å². The molecule has 1 heterocycles. The van der Waals surface area contributed by atoms with Gasteiger partial charge in [0.25, 0.3) is 0 Å². The van der Waals surface area contributed by atoms with Gasteiger partial charge in [-0.1, -0.05) is 11.6 Å². The predicted octanol–water partition coefficient (Wildman–Crippen LogP) is 4.90. The van der Waals surface area contributed by atoms with Crippen molar-refractivity contribution in [3.05, 3.63) is 76.6 Å². The molecule has 132 valence electrons. The molecule has 1 aromatic heterocycles. The van der Waals surface area contributed by atoms with Gasteiger partial charge in [0.2, 0.25) is 0 Å². The third-order valence-corrected chi connectivity index (χ3v) is 4.26. The summed E-state index contributed by atoms with van der Waals surface area (Å²) in [6.45, 7) is 2.01. The lowest BCUT2D eigenvalue weighted by Crippen LogP contribution is -1.96. The fraction of sp³-hybridized carbons (Fsp3) is 0.100. The molecule has 0 unspecified atom stereocenters. The van der Waals surface area contributed by atoms with Crippen molar-refractivity contribution in [1.29, 1.82) is 0 Å². The zero-order valence-corrected chi connectivity index (χ0v) is 15.1. The maximum atomic E-state index is 11.2. The molecule has 1 N–H and O–H groups in total. The number of rotatable bonds is 5. The fourth-order valence-corrected chi connectivity index (χ4v) is 2.80. The summed E-state index contributed by atoms with van der Waals surface area (Å²) in [4.78, 5) is 15.5. The minimum Gasteiger partial charge on any atom is -0.497 e. The monoisotopic (exact) mass is 368 g/mol. The Hall–Kier alpha value is -3.05. The molecule has 0 saturated heterocycles. The van der Waals surface area contributed by atoms with Crippen molar-refractivity contribution in [2.75, 3.05) is 7.11 Å². The minimum atomic E-state index is -1.08. The number of aryl methyl sites for hydroxylation is 1. The molecule has 3 aromatic rings. The first-order valence-corrected chi connectivity index (χ1v) is 8.26. The molecule has 0 aliphatic heterocycles. The van der Waals surface area contributed by atoms with Crippen LogP contribution in [-0.2, 0) is 0 Å². The number of hydrogen-bond acceptors (Lipinski definition) is 3. The van der Waals surface area contributed by atoms with Gasteiger partial charge in [-0.3, -0.25) is 4.99 Å². The Balaban J connectivity index is 1.86. The molecule has 26 heavy (non-hydrogen) atoms. The van der Waals surface area contributed by atoms with E-state index in [2.05, 4.69) is 4.99 Å². The van der Waals surface area contributed by atoms with E-state index in [-0.39, 0.29) is 10.6 Å². The van der Waals surface area contributed by atoms with E-state index in [4.69, 9.17) is 21.4 Å². The number of nitrogens with zero attached hydrogens (tertiary/aromatic N) is 2. The Labute approximate surface area is 156 Å². The molecule has 0 aliphatic carbocycles. The van der Waals surface area contributed by atoms with Crippen LogP contribution in [0.25, 0.3) is 5.69 Å². The first-order valence-electron chi connectivity index (χ1n) is 7.88. The predicted molar refractivity (Wildman–Crippen MR) is 103 cm³/mol. The van der Waals surface area contributed by atoms with E-state index < -0.39 is 5.97 Å². The van der Waals surface area contributed by atoms with Gasteiger partial charge in [-0.15, -0.1) is 0 Å². The molecular formula is C20H17ClN2O3. The average Bonchev–Trinajstić information content (AvgIpc) is 3.01. The van der Waals surface area contributed by atoms with Gasteiger partial charge in [0.15, 0.2) is 0 Å². The topological polar surface area (TPSA) is 63.8 Å². The highest BCUT2D eigenvalue weighted by Gasteiger charge is 2.09. The van der Waals surface area contributed by atoms with Crippen LogP contribution in [0.5, 0.6) is 5.75 Å². The molecule has 2 aromatic carbocycles. The number of carbonyl (C=O) groups is 1. The number of benzene rings is 2. The fourth-order valence-electron chi connectivity index (χ4n) is 2.60. The normalized spacial score (nSPS) is 11.0. The zero-order valence-electron chi connectivity index (χ0n) is 14.3. The zero-order chi connectivity index (χ0) is 18.7. The summed E-state index contributed by atoms with van der Waals surface area (Å²) in [6.07, 6.45) is 3.66. The lowest BCUT2D eigenvalue weighted by Gasteiger charge is -2.06.